The van der Waals surface area contributed by atoms with E-state index in [0.29, 0.717) is 5.82 Å². The highest BCUT2D eigenvalue weighted by atomic mass is 19.1. The van der Waals surface area contributed by atoms with Crippen molar-refractivity contribution < 1.29 is 9.13 Å². The predicted molar refractivity (Wildman–Crippen MR) is 63.6 cm³/mol. The Bertz CT molecular complexity index is 519. The second kappa shape index (κ2) is 4.72. The molecule has 0 spiro atoms. The van der Waals surface area contributed by atoms with E-state index in [9.17, 15) is 4.39 Å². The third kappa shape index (κ3) is 2.82. The van der Waals surface area contributed by atoms with Gasteiger partial charge in [0.1, 0.15) is 0 Å². The maximum absolute atomic E-state index is 13.6. The second-order valence-corrected chi connectivity index (χ2v) is 5.01. The summed E-state index contributed by atoms with van der Waals surface area (Å²) in [7, 11) is 0. The summed E-state index contributed by atoms with van der Waals surface area (Å²) in [6.45, 7) is 6.26. The summed E-state index contributed by atoms with van der Waals surface area (Å²) < 4.78 is 19.0. The molecule has 0 aliphatic carbocycles. The number of ether oxygens (including phenoxy) is 1. The van der Waals surface area contributed by atoms with Crippen LogP contribution in [0.1, 0.15) is 32.2 Å². The van der Waals surface area contributed by atoms with Crippen LogP contribution in [0.5, 0.6) is 5.75 Å². The third-order valence-corrected chi connectivity index (χ3v) is 2.54. The molecule has 1 N–H and O–H groups in total. The average Bonchev–Trinajstić information content (AvgIpc) is 2.79. The Morgan fingerprint density at radius 2 is 2.11 bits per heavy atom. The Balaban J connectivity index is 2.16. The quantitative estimate of drug-likeness (QED) is 0.907. The predicted octanol–water partition coefficient (Wildman–Crippen LogP) is 2.22. The fourth-order valence-electron chi connectivity index (χ4n) is 1.47. The molecule has 0 saturated carbocycles. The van der Waals surface area contributed by atoms with E-state index in [1.54, 1.807) is 12.1 Å². The number of tetrazole rings is 1. The van der Waals surface area contributed by atoms with Crippen molar-refractivity contribution in [3.8, 4) is 5.75 Å². The van der Waals surface area contributed by atoms with Crippen molar-refractivity contribution in [1.82, 2.24) is 20.6 Å². The van der Waals surface area contributed by atoms with Crippen molar-refractivity contribution in [3.63, 3.8) is 0 Å². The van der Waals surface area contributed by atoms with Gasteiger partial charge >= 0.3 is 0 Å². The molecule has 1 heterocycles. The molecule has 0 saturated heterocycles. The lowest BCUT2D eigenvalue weighted by molar-refractivity contribution is 0.280. The number of H-pyrrole nitrogens is 1. The lowest BCUT2D eigenvalue weighted by Crippen LogP contribution is -2.11. The summed E-state index contributed by atoms with van der Waals surface area (Å²) in [5.74, 6) is 0.189. The largest absolute Gasteiger partial charge is 0.482 e. The molecule has 96 valence electrons. The molecular weight excluding hydrogens is 235 g/mol. The van der Waals surface area contributed by atoms with Gasteiger partial charge in [-0.25, -0.2) is 4.39 Å². The zero-order chi connectivity index (χ0) is 13.2. The van der Waals surface area contributed by atoms with Crippen LogP contribution in [-0.2, 0) is 12.0 Å². The molecule has 0 fully saturated rings. The molecule has 0 amide bonds. The molecule has 2 rings (SSSR count). The van der Waals surface area contributed by atoms with Gasteiger partial charge in [-0.3, -0.25) is 0 Å². The van der Waals surface area contributed by atoms with Gasteiger partial charge < -0.3 is 4.74 Å². The molecule has 1 aromatic carbocycles. The van der Waals surface area contributed by atoms with Gasteiger partial charge in [0.2, 0.25) is 5.82 Å². The Kier molecular flexibility index (Phi) is 3.27. The summed E-state index contributed by atoms with van der Waals surface area (Å²) in [5.41, 5.74) is 0.949. The van der Waals surface area contributed by atoms with Crippen molar-refractivity contribution in [1.29, 1.82) is 0 Å². The van der Waals surface area contributed by atoms with Crippen LogP contribution in [0, 0.1) is 5.82 Å². The molecule has 0 bridgehead atoms. The minimum atomic E-state index is -0.397. The number of nitrogens with zero attached hydrogens (tertiary/aromatic N) is 3. The van der Waals surface area contributed by atoms with Gasteiger partial charge in [0.25, 0.3) is 0 Å². The maximum Gasteiger partial charge on any atom is 0.211 e. The molecule has 0 radical (unpaired) electrons. The molecule has 0 unspecified atom stereocenters. The number of aromatic nitrogens is 4. The zero-order valence-corrected chi connectivity index (χ0v) is 10.6. The zero-order valence-electron chi connectivity index (χ0n) is 10.6. The summed E-state index contributed by atoms with van der Waals surface area (Å²) >= 11 is 0. The third-order valence-electron chi connectivity index (χ3n) is 2.54. The first-order chi connectivity index (χ1) is 8.47. The van der Waals surface area contributed by atoms with Crippen LogP contribution in [0.15, 0.2) is 18.2 Å². The van der Waals surface area contributed by atoms with Gasteiger partial charge in [-0.05, 0) is 23.1 Å². The Labute approximate surface area is 104 Å². The Morgan fingerprint density at radius 1 is 1.33 bits per heavy atom. The number of benzene rings is 1. The fourth-order valence-corrected chi connectivity index (χ4v) is 1.47. The lowest BCUT2D eigenvalue weighted by Gasteiger charge is -2.20. The topological polar surface area (TPSA) is 63.7 Å². The van der Waals surface area contributed by atoms with E-state index >= 15 is 0 Å². The van der Waals surface area contributed by atoms with E-state index in [1.165, 1.54) is 6.07 Å². The number of hydrogen-bond acceptors (Lipinski definition) is 4. The molecule has 18 heavy (non-hydrogen) atoms. The van der Waals surface area contributed by atoms with Gasteiger partial charge in [0, 0.05) is 0 Å². The summed E-state index contributed by atoms with van der Waals surface area (Å²) in [4.78, 5) is 0. The molecule has 2 aromatic rings. The van der Waals surface area contributed by atoms with Crippen LogP contribution >= 0.6 is 0 Å². The van der Waals surface area contributed by atoms with E-state index in [0.717, 1.165) is 5.56 Å². The van der Waals surface area contributed by atoms with E-state index in [2.05, 4.69) is 41.4 Å². The summed E-state index contributed by atoms with van der Waals surface area (Å²) in [6.07, 6.45) is 0. The van der Waals surface area contributed by atoms with Crippen LogP contribution in [0.4, 0.5) is 4.39 Å². The first-order valence-corrected chi connectivity index (χ1v) is 5.62. The number of nitrogens with one attached hydrogen (secondary N) is 1. The normalized spacial score (nSPS) is 11.6. The van der Waals surface area contributed by atoms with Crippen LogP contribution in [0.25, 0.3) is 0 Å². The minimum absolute atomic E-state index is 0.0576. The Morgan fingerprint density at radius 3 is 2.72 bits per heavy atom. The molecule has 0 aliphatic rings. The second-order valence-electron chi connectivity index (χ2n) is 5.01. The number of halogens is 1. The van der Waals surface area contributed by atoms with Gasteiger partial charge in [-0.1, -0.05) is 32.1 Å². The van der Waals surface area contributed by atoms with Crippen molar-refractivity contribution in [2.75, 3.05) is 0 Å². The average molecular weight is 250 g/mol. The molecular formula is C12H15FN4O. The highest BCUT2D eigenvalue weighted by Crippen LogP contribution is 2.28. The molecule has 0 aliphatic heterocycles. The van der Waals surface area contributed by atoms with E-state index in [4.69, 9.17) is 4.74 Å². The highest BCUT2D eigenvalue weighted by Gasteiger charge is 2.16. The Hall–Kier alpha value is -1.98. The highest BCUT2D eigenvalue weighted by molar-refractivity contribution is 5.34. The molecule has 6 heteroatoms. The fraction of sp³-hybridized carbons (Fsp3) is 0.417. The van der Waals surface area contributed by atoms with Crippen LogP contribution < -0.4 is 4.74 Å². The number of hydrogen-bond donors (Lipinski definition) is 1. The van der Waals surface area contributed by atoms with Gasteiger partial charge in [0.05, 0.1) is 0 Å². The first kappa shape index (κ1) is 12.5. The van der Waals surface area contributed by atoms with Crippen molar-refractivity contribution in [2.45, 2.75) is 32.8 Å². The standard InChI is InChI=1S/C12H15FN4O/c1-12(2,3)8-4-5-9(13)10(6-8)18-7-11-14-16-17-15-11/h4-6H,7H2,1-3H3,(H,14,15,16,17). The SMILES string of the molecule is CC(C)(C)c1ccc(F)c(OCc2nn[nH]n2)c1. The van der Waals surface area contributed by atoms with Gasteiger partial charge in [0.15, 0.2) is 18.2 Å². The minimum Gasteiger partial charge on any atom is -0.482 e. The van der Waals surface area contributed by atoms with Crippen LogP contribution in [0.3, 0.4) is 0 Å². The lowest BCUT2D eigenvalue weighted by atomic mass is 9.87. The maximum atomic E-state index is 13.6. The molecule has 5 nitrogen and oxygen atoms in total. The summed E-state index contributed by atoms with van der Waals surface area (Å²) in [5, 5.41) is 13.2. The number of aromatic amines is 1. The smallest absolute Gasteiger partial charge is 0.211 e. The number of rotatable bonds is 3. The van der Waals surface area contributed by atoms with E-state index < -0.39 is 5.82 Å². The summed E-state index contributed by atoms with van der Waals surface area (Å²) in [6, 6.07) is 4.87. The van der Waals surface area contributed by atoms with Gasteiger partial charge in [-0.2, -0.15) is 5.21 Å². The van der Waals surface area contributed by atoms with Gasteiger partial charge in [-0.15, -0.1) is 10.2 Å². The first-order valence-electron chi connectivity index (χ1n) is 5.62. The van der Waals surface area contributed by atoms with Crippen LogP contribution in [-0.4, -0.2) is 20.6 Å². The van der Waals surface area contributed by atoms with Crippen LogP contribution in [0.2, 0.25) is 0 Å². The van der Waals surface area contributed by atoms with Crippen molar-refractivity contribution in [2.24, 2.45) is 0 Å². The molecule has 1 aromatic heterocycles. The van der Waals surface area contributed by atoms with Crippen molar-refractivity contribution in [3.05, 3.63) is 35.4 Å². The molecule has 0 atom stereocenters. The van der Waals surface area contributed by atoms with E-state index in [1.807, 2.05) is 0 Å². The monoisotopic (exact) mass is 250 g/mol. The van der Waals surface area contributed by atoms with E-state index in [-0.39, 0.29) is 17.8 Å². The van der Waals surface area contributed by atoms with Crippen molar-refractivity contribution >= 4 is 0 Å².